The Morgan fingerprint density at radius 2 is 1.85 bits per heavy atom. The van der Waals surface area contributed by atoms with Crippen LogP contribution >= 0.6 is 0 Å². The molecule has 1 aromatic carbocycles. The molecule has 216 valence electrons. The molecule has 3 heterocycles. The zero-order chi connectivity index (χ0) is 27.0. The van der Waals surface area contributed by atoms with Crippen LogP contribution in [0.5, 0.6) is 5.75 Å². The van der Waals surface area contributed by atoms with Crippen molar-refractivity contribution in [2.75, 3.05) is 19.8 Å². The quantitative estimate of drug-likeness (QED) is 0.343. The van der Waals surface area contributed by atoms with Crippen molar-refractivity contribution in [1.82, 2.24) is 0 Å². The van der Waals surface area contributed by atoms with Gasteiger partial charge < -0.3 is 28.8 Å². The summed E-state index contributed by atoms with van der Waals surface area (Å²) >= 11 is 0. The Kier molecular flexibility index (Phi) is 6.10. The highest BCUT2D eigenvalue weighted by molar-refractivity contribution is 5.47. The van der Waals surface area contributed by atoms with E-state index in [0.717, 1.165) is 76.6 Å². The molecule has 6 nitrogen and oxygen atoms in total. The second-order valence-corrected chi connectivity index (χ2v) is 13.5. The van der Waals surface area contributed by atoms with E-state index in [9.17, 15) is 5.11 Å². The molecule has 6 fully saturated rings. The summed E-state index contributed by atoms with van der Waals surface area (Å²) in [6.07, 6.45) is 16.0. The zero-order valence-corrected chi connectivity index (χ0v) is 23.9. The minimum atomic E-state index is -0.844. The molecule has 0 aromatic heterocycles. The van der Waals surface area contributed by atoms with Crippen molar-refractivity contribution < 1.29 is 28.8 Å². The van der Waals surface area contributed by atoms with E-state index in [2.05, 4.69) is 43.3 Å². The molecule has 2 spiro atoms. The van der Waals surface area contributed by atoms with Crippen LogP contribution in [-0.2, 0) is 18.9 Å². The summed E-state index contributed by atoms with van der Waals surface area (Å²) in [5.41, 5.74) is 3.23. The highest BCUT2D eigenvalue weighted by atomic mass is 16.7. The zero-order valence-electron chi connectivity index (χ0n) is 23.9. The van der Waals surface area contributed by atoms with E-state index in [4.69, 9.17) is 23.7 Å². The van der Waals surface area contributed by atoms with Gasteiger partial charge in [0, 0.05) is 25.2 Å². The first kappa shape index (κ1) is 26.0. The van der Waals surface area contributed by atoms with Gasteiger partial charge in [-0.2, -0.15) is 0 Å². The maximum Gasteiger partial charge on any atom is 0.199 e. The Hall–Kier alpha value is -1.70. The topological polar surface area (TPSA) is 69.7 Å². The number of epoxide rings is 1. The molecule has 1 N–H and O–H groups in total. The Morgan fingerprint density at radius 1 is 1.00 bits per heavy atom. The third-order valence-electron chi connectivity index (χ3n) is 11.6. The van der Waals surface area contributed by atoms with Gasteiger partial charge in [-0.05, 0) is 99.8 Å². The third-order valence-corrected chi connectivity index (χ3v) is 11.6. The van der Waals surface area contributed by atoms with Crippen molar-refractivity contribution in [3.05, 3.63) is 53.1 Å². The number of allylic oxidation sites excluding steroid dienone is 2. The lowest BCUT2D eigenvalue weighted by Gasteiger charge is -2.53. The Labute approximate surface area is 238 Å². The van der Waals surface area contributed by atoms with Crippen molar-refractivity contribution in [2.45, 2.75) is 119 Å². The lowest BCUT2D eigenvalue weighted by atomic mass is 9.54. The van der Waals surface area contributed by atoms with Crippen molar-refractivity contribution in [3.8, 4) is 5.75 Å². The highest BCUT2D eigenvalue weighted by Crippen LogP contribution is 2.74. The molecule has 8 rings (SSSR count). The van der Waals surface area contributed by atoms with Crippen LogP contribution < -0.4 is 4.74 Å². The van der Waals surface area contributed by atoms with Gasteiger partial charge in [0.05, 0.1) is 25.4 Å². The molecule has 0 amide bonds. The molecule has 7 aliphatic rings. The van der Waals surface area contributed by atoms with E-state index in [0.29, 0.717) is 31.5 Å². The summed E-state index contributed by atoms with van der Waals surface area (Å²) in [6, 6.07) is 8.77. The maximum atomic E-state index is 12.2. The van der Waals surface area contributed by atoms with Gasteiger partial charge in [-0.1, -0.05) is 29.9 Å². The van der Waals surface area contributed by atoms with E-state index < -0.39 is 11.4 Å². The van der Waals surface area contributed by atoms with Crippen LogP contribution in [0.4, 0.5) is 0 Å². The predicted molar refractivity (Wildman–Crippen MR) is 150 cm³/mol. The minimum Gasteiger partial charge on any atom is -0.465 e. The van der Waals surface area contributed by atoms with Crippen LogP contribution in [0.2, 0.25) is 0 Å². The van der Waals surface area contributed by atoms with Crippen molar-refractivity contribution in [3.63, 3.8) is 0 Å². The molecular weight excluding hydrogens is 504 g/mol. The van der Waals surface area contributed by atoms with Gasteiger partial charge in [0.15, 0.2) is 12.1 Å². The molecule has 4 aliphatic carbocycles. The number of hydrogen-bond donors (Lipinski definition) is 1. The first-order valence-electron chi connectivity index (χ1n) is 15.9. The van der Waals surface area contributed by atoms with Gasteiger partial charge in [0.1, 0.15) is 17.0 Å². The van der Waals surface area contributed by atoms with Gasteiger partial charge in [-0.25, -0.2) is 0 Å². The summed E-state index contributed by atoms with van der Waals surface area (Å²) in [5, 5.41) is 12.2. The van der Waals surface area contributed by atoms with Crippen molar-refractivity contribution in [1.29, 1.82) is 0 Å². The minimum absolute atomic E-state index is 0.00407. The van der Waals surface area contributed by atoms with E-state index in [1.807, 2.05) is 0 Å². The SMILES string of the molecule is C/C=C/C[C@]12CC[C@H]3[C@@H]4CC[C@@]5(O)CC6(CCC5=C4[C@@H](c4ccc(OC5CCCCO5)cc4)C[C@@]31O2)OCCO6. The number of aliphatic hydroxyl groups is 1. The molecule has 1 aromatic rings. The normalized spacial score (nSPS) is 43.4. The smallest absolute Gasteiger partial charge is 0.199 e. The van der Waals surface area contributed by atoms with Crippen LogP contribution in [0.15, 0.2) is 47.6 Å². The fourth-order valence-electron chi connectivity index (χ4n) is 9.84. The molecule has 3 saturated heterocycles. The number of benzene rings is 1. The number of hydrogen-bond acceptors (Lipinski definition) is 6. The van der Waals surface area contributed by atoms with Crippen molar-refractivity contribution in [2.24, 2.45) is 11.8 Å². The molecular formula is C34H44O6. The van der Waals surface area contributed by atoms with Crippen molar-refractivity contribution >= 4 is 0 Å². The summed E-state index contributed by atoms with van der Waals surface area (Å²) < 4.78 is 31.1. The molecule has 0 bridgehead atoms. The van der Waals surface area contributed by atoms with Gasteiger partial charge >= 0.3 is 0 Å². The molecule has 0 radical (unpaired) electrons. The van der Waals surface area contributed by atoms with E-state index in [-0.39, 0.29) is 23.4 Å². The van der Waals surface area contributed by atoms with Gasteiger partial charge in [-0.15, -0.1) is 0 Å². The fourth-order valence-corrected chi connectivity index (χ4v) is 9.84. The summed E-state index contributed by atoms with van der Waals surface area (Å²) in [7, 11) is 0. The largest absolute Gasteiger partial charge is 0.465 e. The average molecular weight is 549 g/mol. The van der Waals surface area contributed by atoms with E-state index >= 15 is 0 Å². The van der Waals surface area contributed by atoms with E-state index in [1.165, 1.54) is 23.1 Å². The molecule has 6 heteroatoms. The first-order valence-corrected chi connectivity index (χ1v) is 15.9. The number of rotatable bonds is 5. The summed E-state index contributed by atoms with van der Waals surface area (Å²) in [4.78, 5) is 0. The van der Waals surface area contributed by atoms with Gasteiger partial charge in [0.2, 0.25) is 0 Å². The maximum absolute atomic E-state index is 12.2. The molecule has 3 saturated carbocycles. The second-order valence-electron chi connectivity index (χ2n) is 13.5. The van der Waals surface area contributed by atoms with E-state index in [1.54, 1.807) is 0 Å². The highest BCUT2D eigenvalue weighted by Gasteiger charge is 2.79. The summed E-state index contributed by atoms with van der Waals surface area (Å²) in [5.74, 6) is 1.52. The lowest BCUT2D eigenvalue weighted by Crippen LogP contribution is -2.53. The Balaban J connectivity index is 1.16. The van der Waals surface area contributed by atoms with Crippen LogP contribution in [0, 0.1) is 11.8 Å². The van der Waals surface area contributed by atoms with Gasteiger partial charge in [0.25, 0.3) is 0 Å². The molecule has 7 atom stereocenters. The van der Waals surface area contributed by atoms with Crippen LogP contribution in [0.3, 0.4) is 0 Å². The molecule has 1 unspecified atom stereocenters. The lowest BCUT2D eigenvalue weighted by molar-refractivity contribution is -0.208. The monoisotopic (exact) mass is 548 g/mol. The number of ether oxygens (including phenoxy) is 5. The van der Waals surface area contributed by atoms with Crippen LogP contribution in [-0.4, -0.2) is 53.8 Å². The van der Waals surface area contributed by atoms with Gasteiger partial charge in [-0.3, -0.25) is 0 Å². The Morgan fingerprint density at radius 3 is 2.62 bits per heavy atom. The van der Waals surface area contributed by atoms with Crippen LogP contribution in [0.25, 0.3) is 0 Å². The number of fused-ring (bicyclic) bond motifs is 3. The van der Waals surface area contributed by atoms with Crippen LogP contribution in [0.1, 0.15) is 95.5 Å². The average Bonchev–Trinajstić information content (AvgIpc) is 3.21. The fraction of sp³-hybridized carbons (Fsp3) is 0.706. The third kappa shape index (κ3) is 3.86. The molecule has 3 aliphatic heterocycles. The first-order chi connectivity index (χ1) is 19.5. The second kappa shape index (κ2) is 9.40. The predicted octanol–water partition coefficient (Wildman–Crippen LogP) is 6.33. The molecule has 40 heavy (non-hydrogen) atoms. The Bertz CT molecular complexity index is 1190. The summed E-state index contributed by atoms with van der Waals surface area (Å²) in [6.45, 7) is 4.15. The standard InChI is InChI=1S/C34H44O6/c1-2-3-14-32-16-12-27-25-11-15-31(35)22-33(37-19-20-38-33)17-13-28(31)30(25)26(21-34(27,32)40-32)23-7-9-24(10-8-23)39-29-6-4-5-18-36-29/h2-3,7-10,25-27,29,35H,4-6,11-22H2,1H3/b3-2+/t25-,26+,27-,29?,31+,32-,34+/m0/s1.